The SMILES string of the molecule is CCCNCc1ccc(-c2cc(C)ccc2C)c(Cl)c1. The molecule has 0 aromatic heterocycles. The van der Waals surface area contributed by atoms with Crippen LogP contribution in [0.25, 0.3) is 11.1 Å². The average Bonchev–Trinajstić information content (AvgIpc) is 2.42. The number of hydrogen-bond acceptors (Lipinski definition) is 1. The third-order valence-corrected chi connectivity index (χ3v) is 3.79. The molecule has 0 saturated heterocycles. The number of benzene rings is 2. The highest BCUT2D eigenvalue weighted by Gasteiger charge is 2.07. The monoisotopic (exact) mass is 287 g/mol. The first-order valence-electron chi connectivity index (χ1n) is 7.18. The highest BCUT2D eigenvalue weighted by atomic mass is 35.5. The van der Waals surface area contributed by atoms with Crippen LogP contribution >= 0.6 is 11.6 Å². The van der Waals surface area contributed by atoms with E-state index in [-0.39, 0.29) is 0 Å². The molecule has 1 N–H and O–H groups in total. The lowest BCUT2D eigenvalue weighted by Gasteiger charge is -2.11. The fourth-order valence-electron chi connectivity index (χ4n) is 2.32. The van der Waals surface area contributed by atoms with E-state index in [0.29, 0.717) is 0 Å². The van der Waals surface area contributed by atoms with Crippen LogP contribution in [0.15, 0.2) is 36.4 Å². The van der Waals surface area contributed by atoms with Crippen molar-refractivity contribution in [3.05, 3.63) is 58.1 Å². The van der Waals surface area contributed by atoms with Gasteiger partial charge in [0.15, 0.2) is 0 Å². The van der Waals surface area contributed by atoms with Gasteiger partial charge in [0.25, 0.3) is 0 Å². The molecule has 0 aliphatic rings. The van der Waals surface area contributed by atoms with Crippen molar-refractivity contribution in [1.82, 2.24) is 5.32 Å². The summed E-state index contributed by atoms with van der Waals surface area (Å²) in [5, 5.41) is 4.23. The zero-order valence-electron chi connectivity index (χ0n) is 12.5. The quantitative estimate of drug-likeness (QED) is 0.752. The minimum atomic E-state index is 0.828. The molecule has 106 valence electrons. The third kappa shape index (κ3) is 3.62. The molecule has 0 atom stereocenters. The van der Waals surface area contributed by atoms with Gasteiger partial charge in [-0.1, -0.05) is 54.4 Å². The second-order valence-corrected chi connectivity index (χ2v) is 5.72. The van der Waals surface area contributed by atoms with Gasteiger partial charge >= 0.3 is 0 Å². The first kappa shape index (κ1) is 15.1. The number of rotatable bonds is 5. The predicted molar refractivity (Wildman–Crippen MR) is 88.4 cm³/mol. The van der Waals surface area contributed by atoms with E-state index in [2.05, 4.69) is 62.5 Å². The van der Waals surface area contributed by atoms with Crippen molar-refractivity contribution in [2.45, 2.75) is 33.7 Å². The standard InChI is InChI=1S/C18H22ClN/c1-4-9-20-12-15-7-8-16(18(19)11-15)17-10-13(2)5-6-14(17)3/h5-8,10-11,20H,4,9,12H2,1-3H3. The molecule has 0 aliphatic heterocycles. The van der Waals surface area contributed by atoms with Crippen LogP contribution in [0.3, 0.4) is 0 Å². The van der Waals surface area contributed by atoms with Crippen LogP contribution in [-0.4, -0.2) is 6.54 Å². The number of aryl methyl sites for hydroxylation is 2. The van der Waals surface area contributed by atoms with E-state index >= 15 is 0 Å². The molecule has 0 aliphatic carbocycles. The second-order valence-electron chi connectivity index (χ2n) is 5.31. The van der Waals surface area contributed by atoms with Crippen molar-refractivity contribution < 1.29 is 0 Å². The van der Waals surface area contributed by atoms with Crippen molar-refractivity contribution in [2.75, 3.05) is 6.54 Å². The van der Waals surface area contributed by atoms with E-state index in [1.807, 2.05) is 0 Å². The van der Waals surface area contributed by atoms with E-state index in [1.54, 1.807) is 0 Å². The third-order valence-electron chi connectivity index (χ3n) is 3.47. The maximum absolute atomic E-state index is 6.47. The minimum absolute atomic E-state index is 0.828. The van der Waals surface area contributed by atoms with Crippen molar-refractivity contribution in [3.63, 3.8) is 0 Å². The van der Waals surface area contributed by atoms with Gasteiger partial charge in [-0.3, -0.25) is 0 Å². The Hall–Kier alpha value is -1.31. The van der Waals surface area contributed by atoms with Gasteiger partial charge in [-0.15, -0.1) is 0 Å². The van der Waals surface area contributed by atoms with Gasteiger partial charge < -0.3 is 5.32 Å². The largest absolute Gasteiger partial charge is 0.313 e. The minimum Gasteiger partial charge on any atom is -0.313 e. The van der Waals surface area contributed by atoms with Crippen LogP contribution < -0.4 is 5.32 Å². The molecule has 2 aromatic carbocycles. The molecule has 0 bridgehead atoms. The molecule has 0 heterocycles. The Morgan fingerprint density at radius 3 is 2.50 bits per heavy atom. The molecule has 2 heteroatoms. The summed E-state index contributed by atoms with van der Waals surface area (Å²) in [4.78, 5) is 0. The molecule has 0 radical (unpaired) electrons. The van der Waals surface area contributed by atoms with Gasteiger partial charge in [0.2, 0.25) is 0 Å². The fourth-order valence-corrected chi connectivity index (χ4v) is 2.63. The molecular weight excluding hydrogens is 266 g/mol. The summed E-state index contributed by atoms with van der Waals surface area (Å²) >= 11 is 6.47. The molecule has 0 amide bonds. The van der Waals surface area contributed by atoms with Gasteiger partial charge in [-0.2, -0.15) is 0 Å². The highest BCUT2D eigenvalue weighted by Crippen LogP contribution is 2.31. The van der Waals surface area contributed by atoms with E-state index in [0.717, 1.165) is 30.1 Å². The van der Waals surface area contributed by atoms with Crippen LogP contribution in [0.4, 0.5) is 0 Å². The van der Waals surface area contributed by atoms with Crippen molar-refractivity contribution in [3.8, 4) is 11.1 Å². The molecule has 1 nitrogen and oxygen atoms in total. The predicted octanol–water partition coefficient (Wildman–Crippen LogP) is 5.12. The Morgan fingerprint density at radius 1 is 1.00 bits per heavy atom. The summed E-state index contributed by atoms with van der Waals surface area (Å²) in [5.74, 6) is 0. The average molecular weight is 288 g/mol. The van der Waals surface area contributed by atoms with Crippen LogP contribution in [0.5, 0.6) is 0 Å². The molecule has 0 saturated carbocycles. The van der Waals surface area contributed by atoms with Crippen molar-refractivity contribution in [1.29, 1.82) is 0 Å². The van der Waals surface area contributed by atoms with Crippen molar-refractivity contribution in [2.24, 2.45) is 0 Å². The number of nitrogens with one attached hydrogen (secondary N) is 1. The van der Waals surface area contributed by atoms with Crippen molar-refractivity contribution >= 4 is 11.6 Å². The Morgan fingerprint density at radius 2 is 1.80 bits per heavy atom. The van der Waals surface area contributed by atoms with E-state index < -0.39 is 0 Å². The van der Waals surface area contributed by atoms with Crippen LogP contribution in [0.1, 0.15) is 30.0 Å². The zero-order chi connectivity index (χ0) is 14.5. The zero-order valence-corrected chi connectivity index (χ0v) is 13.2. The Labute approximate surface area is 127 Å². The molecule has 0 fully saturated rings. The molecule has 2 rings (SSSR count). The normalized spacial score (nSPS) is 10.8. The summed E-state index contributed by atoms with van der Waals surface area (Å²) in [6.45, 7) is 8.32. The summed E-state index contributed by atoms with van der Waals surface area (Å²) < 4.78 is 0. The molecule has 0 unspecified atom stereocenters. The lowest BCUT2D eigenvalue weighted by molar-refractivity contribution is 0.675. The summed E-state index contributed by atoms with van der Waals surface area (Å²) in [5.41, 5.74) is 6.09. The van der Waals surface area contributed by atoms with Gasteiger partial charge in [-0.25, -0.2) is 0 Å². The number of halogens is 1. The van der Waals surface area contributed by atoms with E-state index in [1.165, 1.54) is 22.3 Å². The number of hydrogen-bond donors (Lipinski definition) is 1. The lowest BCUT2D eigenvalue weighted by Crippen LogP contribution is -2.13. The second kappa shape index (κ2) is 6.92. The van der Waals surface area contributed by atoms with E-state index in [9.17, 15) is 0 Å². The van der Waals surface area contributed by atoms with E-state index in [4.69, 9.17) is 11.6 Å². The smallest absolute Gasteiger partial charge is 0.0487 e. The summed E-state index contributed by atoms with van der Waals surface area (Å²) in [6.07, 6.45) is 1.15. The van der Waals surface area contributed by atoms with Gasteiger partial charge in [0.1, 0.15) is 0 Å². The summed E-state index contributed by atoms with van der Waals surface area (Å²) in [7, 11) is 0. The Kier molecular flexibility index (Phi) is 5.22. The lowest BCUT2D eigenvalue weighted by atomic mass is 9.97. The highest BCUT2D eigenvalue weighted by molar-refractivity contribution is 6.33. The van der Waals surface area contributed by atoms with Crippen LogP contribution in [0, 0.1) is 13.8 Å². The Bertz CT molecular complexity index is 590. The maximum Gasteiger partial charge on any atom is 0.0487 e. The molecule has 20 heavy (non-hydrogen) atoms. The Balaban J connectivity index is 2.27. The topological polar surface area (TPSA) is 12.0 Å². The van der Waals surface area contributed by atoms with Crippen LogP contribution in [-0.2, 0) is 6.54 Å². The van der Waals surface area contributed by atoms with Crippen LogP contribution in [0.2, 0.25) is 5.02 Å². The van der Waals surface area contributed by atoms with Gasteiger partial charge in [-0.05, 0) is 49.6 Å². The molecule has 2 aromatic rings. The van der Waals surface area contributed by atoms with Gasteiger partial charge in [0, 0.05) is 17.1 Å². The fraction of sp³-hybridized carbons (Fsp3) is 0.333. The summed E-state index contributed by atoms with van der Waals surface area (Å²) in [6, 6.07) is 12.8. The molecular formula is C18H22ClN. The first-order chi connectivity index (χ1) is 9.61. The first-order valence-corrected chi connectivity index (χ1v) is 7.56. The molecule has 0 spiro atoms. The van der Waals surface area contributed by atoms with Gasteiger partial charge in [0.05, 0.1) is 0 Å². The maximum atomic E-state index is 6.47.